The smallest absolute Gasteiger partial charge is 0.267 e. The SMILES string of the molecule is N#Cc1cc2c(nc1NC1CCC(n3nc(C4CC4)ccc3=O)CC1)CCC2. The van der Waals surface area contributed by atoms with E-state index >= 15 is 0 Å². The van der Waals surface area contributed by atoms with Crippen molar-refractivity contribution in [3.63, 3.8) is 0 Å². The Hall–Kier alpha value is -2.68. The third-order valence-corrected chi connectivity index (χ3v) is 6.40. The van der Waals surface area contributed by atoms with Crippen LogP contribution in [0.4, 0.5) is 5.82 Å². The molecule has 2 aromatic heterocycles. The van der Waals surface area contributed by atoms with Gasteiger partial charge in [0.2, 0.25) is 0 Å². The molecule has 0 aromatic carbocycles. The van der Waals surface area contributed by atoms with Crippen LogP contribution in [-0.4, -0.2) is 20.8 Å². The van der Waals surface area contributed by atoms with Crippen LogP contribution in [0.25, 0.3) is 0 Å². The van der Waals surface area contributed by atoms with Crippen molar-refractivity contribution in [2.45, 2.75) is 75.8 Å². The number of aromatic nitrogens is 3. The summed E-state index contributed by atoms with van der Waals surface area (Å²) in [5.74, 6) is 1.29. The zero-order valence-electron chi connectivity index (χ0n) is 16.0. The van der Waals surface area contributed by atoms with E-state index in [0.717, 1.165) is 62.2 Å². The Bertz CT molecular complexity index is 993. The highest BCUT2D eigenvalue weighted by Gasteiger charge is 2.28. The molecule has 144 valence electrons. The van der Waals surface area contributed by atoms with Crippen LogP contribution in [-0.2, 0) is 12.8 Å². The van der Waals surface area contributed by atoms with Gasteiger partial charge in [0, 0.05) is 23.7 Å². The van der Waals surface area contributed by atoms with Crippen LogP contribution in [0.15, 0.2) is 23.0 Å². The lowest BCUT2D eigenvalue weighted by Gasteiger charge is -2.30. The van der Waals surface area contributed by atoms with E-state index in [1.807, 2.05) is 12.1 Å². The minimum absolute atomic E-state index is 0.00728. The molecule has 6 heteroatoms. The molecule has 0 saturated heterocycles. The van der Waals surface area contributed by atoms with Crippen LogP contribution in [0.5, 0.6) is 0 Å². The summed E-state index contributed by atoms with van der Waals surface area (Å²) in [6, 6.07) is 8.35. The van der Waals surface area contributed by atoms with Gasteiger partial charge < -0.3 is 5.32 Å². The van der Waals surface area contributed by atoms with E-state index in [9.17, 15) is 10.1 Å². The molecule has 2 aromatic rings. The van der Waals surface area contributed by atoms with Gasteiger partial charge in [-0.2, -0.15) is 10.4 Å². The Morgan fingerprint density at radius 3 is 2.68 bits per heavy atom. The summed E-state index contributed by atoms with van der Waals surface area (Å²) in [6.07, 6.45) is 9.30. The lowest BCUT2D eigenvalue weighted by atomic mass is 9.91. The maximum Gasteiger partial charge on any atom is 0.267 e. The average molecular weight is 375 g/mol. The average Bonchev–Trinajstić information content (AvgIpc) is 3.47. The Labute approximate surface area is 164 Å². The van der Waals surface area contributed by atoms with E-state index in [-0.39, 0.29) is 17.6 Å². The van der Waals surface area contributed by atoms with Crippen LogP contribution >= 0.6 is 0 Å². The van der Waals surface area contributed by atoms with E-state index in [2.05, 4.69) is 16.5 Å². The topological polar surface area (TPSA) is 83.6 Å². The number of rotatable bonds is 4. The molecule has 3 aliphatic rings. The van der Waals surface area contributed by atoms with Crippen LogP contribution in [0, 0.1) is 11.3 Å². The van der Waals surface area contributed by atoms with Gasteiger partial charge in [-0.3, -0.25) is 4.79 Å². The predicted octanol–water partition coefficient (Wildman–Crippen LogP) is 3.47. The lowest BCUT2D eigenvalue weighted by molar-refractivity contribution is 0.301. The largest absolute Gasteiger partial charge is 0.366 e. The maximum absolute atomic E-state index is 12.3. The molecule has 3 aliphatic carbocycles. The standard InChI is InChI=1S/C22H25N5O/c23-13-16-12-15-2-1-3-19(15)25-22(16)24-17-6-8-18(9-7-17)27-21(28)11-10-20(26-27)14-4-5-14/h10-12,14,17-18H,1-9H2,(H,24,25). The van der Waals surface area contributed by atoms with Crippen LogP contribution in [0.3, 0.4) is 0 Å². The van der Waals surface area contributed by atoms with Gasteiger partial charge in [-0.25, -0.2) is 9.67 Å². The number of nitriles is 1. The lowest BCUT2D eigenvalue weighted by Crippen LogP contribution is -2.33. The molecule has 0 radical (unpaired) electrons. The second kappa shape index (κ2) is 7.05. The second-order valence-electron chi connectivity index (χ2n) is 8.42. The molecular weight excluding hydrogens is 350 g/mol. The van der Waals surface area contributed by atoms with Crippen LogP contribution in [0.1, 0.15) is 79.4 Å². The van der Waals surface area contributed by atoms with Crippen molar-refractivity contribution < 1.29 is 0 Å². The Morgan fingerprint density at radius 2 is 1.93 bits per heavy atom. The highest BCUT2D eigenvalue weighted by Crippen LogP contribution is 2.39. The molecular formula is C22H25N5O. The molecule has 2 fully saturated rings. The zero-order chi connectivity index (χ0) is 19.1. The summed E-state index contributed by atoms with van der Waals surface area (Å²) in [4.78, 5) is 17.1. The molecule has 2 saturated carbocycles. The van der Waals surface area contributed by atoms with Crippen molar-refractivity contribution in [2.24, 2.45) is 0 Å². The van der Waals surface area contributed by atoms with Gasteiger partial charge in [0.25, 0.3) is 5.56 Å². The number of anilines is 1. The first kappa shape index (κ1) is 17.4. The number of fused-ring (bicyclic) bond motifs is 1. The summed E-state index contributed by atoms with van der Waals surface area (Å²) < 4.78 is 1.72. The zero-order valence-corrected chi connectivity index (χ0v) is 16.0. The molecule has 1 N–H and O–H groups in total. The first-order valence-corrected chi connectivity index (χ1v) is 10.5. The van der Waals surface area contributed by atoms with Crippen molar-refractivity contribution in [3.8, 4) is 6.07 Å². The van der Waals surface area contributed by atoms with Crippen LogP contribution < -0.4 is 10.9 Å². The Balaban J connectivity index is 1.28. The molecule has 0 amide bonds. The molecule has 6 nitrogen and oxygen atoms in total. The number of pyridine rings is 1. The fourth-order valence-electron chi connectivity index (χ4n) is 4.62. The molecule has 28 heavy (non-hydrogen) atoms. The molecule has 2 heterocycles. The molecule has 0 bridgehead atoms. The fourth-order valence-corrected chi connectivity index (χ4v) is 4.62. The van der Waals surface area contributed by atoms with Crippen molar-refractivity contribution in [1.29, 1.82) is 5.26 Å². The van der Waals surface area contributed by atoms with Gasteiger partial charge in [-0.15, -0.1) is 0 Å². The second-order valence-corrected chi connectivity index (χ2v) is 8.42. The highest BCUT2D eigenvalue weighted by atomic mass is 16.1. The van der Waals surface area contributed by atoms with Gasteiger partial charge in [0.15, 0.2) is 0 Å². The van der Waals surface area contributed by atoms with E-state index in [0.29, 0.717) is 11.5 Å². The first-order valence-electron chi connectivity index (χ1n) is 10.5. The summed E-state index contributed by atoms with van der Waals surface area (Å²) >= 11 is 0. The molecule has 0 atom stereocenters. The number of hydrogen-bond acceptors (Lipinski definition) is 5. The minimum Gasteiger partial charge on any atom is -0.366 e. The van der Waals surface area contributed by atoms with Gasteiger partial charge >= 0.3 is 0 Å². The number of nitrogens with one attached hydrogen (secondary N) is 1. The molecule has 0 spiro atoms. The fraction of sp³-hybridized carbons (Fsp3) is 0.545. The summed E-state index contributed by atoms with van der Waals surface area (Å²) in [7, 11) is 0. The quantitative estimate of drug-likeness (QED) is 0.885. The predicted molar refractivity (Wildman–Crippen MR) is 106 cm³/mol. The van der Waals surface area contributed by atoms with Gasteiger partial charge in [0.1, 0.15) is 11.9 Å². The first-order chi connectivity index (χ1) is 13.7. The number of nitrogens with zero attached hydrogens (tertiary/aromatic N) is 4. The number of aryl methyl sites for hydroxylation is 2. The van der Waals surface area contributed by atoms with Gasteiger partial charge in [0.05, 0.1) is 17.3 Å². The molecule has 0 unspecified atom stereocenters. The van der Waals surface area contributed by atoms with Crippen molar-refractivity contribution in [3.05, 3.63) is 51.1 Å². The van der Waals surface area contributed by atoms with Gasteiger partial charge in [-0.1, -0.05) is 0 Å². The van der Waals surface area contributed by atoms with E-state index in [4.69, 9.17) is 4.98 Å². The summed E-state index contributed by atoms with van der Waals surface area (Å²) in [6.45, 7) is 0. The van der Waals surface area contributed by atoms with Gasteiger partial charge in [-0.05, 0) is 75.5 Å². The minimum atomic E-state index is 0.00728. The molecule has 0 aliphatic heterocycles. The summed E-state index contributed by atoms with van der Waals surface area (Å²) in [5, 5.41) is 17.7. The third kappa shape index (κ3) is 3.30. The van der Waals surface area contributed by atoms with E-state index in [1.54, 1.807) is 10.7 Å². The van der Waals surface area contributed by atoms with Crippen LogP contribution in [0.2, 0.25) is 0 Å². The van der Waals surface area contributed by atoms with Crippen molar-refractivity contribution >= 4 is 5.82 Å². The Morgan fingerprint density at radius 1 is 1.11 bits per heavy atom. The highest BCUT2D eigenvalue weighted by molar-refractivity contribution is 5.55. The van der Waals surface area contributed by atoms with E-state index in [1.165, 1.54) is 18.4 Å². The Kier molecular flexibility index (Phi) is 4.38. The number of hydrogen-bond donors (Lipinski definition) is 1. The van der Waals surface area contributed by atoms with Crippen molar-refractivity contribution in [2.75, 3.05) is 5.32 Å². The normalized spacial score (nSPS) is 23.8. The van der Waals surface area contributed by atoms with E-state index < -0.39 is 0 Å². The monoisotopic (exact) mass is 375 g/mol. The molecule has 5 rings (SSSR count). The third-order valence-electron chi connectivity index (χ3n) is 6.40. The maximum atomic E-state index is 12.3. The summed E-state index contributed by atoms with van der Waals surface area (Å²) in [5.41, 5.74) is 4.10. The van der Waals surface area contributed by atoms with Crippen molar-refractivity contribution in [1.82, 2.24) is 14.8 Å².